The number of rotatable bonds is 4. The molecule has 2 aromatic heterocycles. The SMILES string of the molecule is Cc1cc(Cl)c(C(=O)Nc2cccc3c(OC(C)C)c(C)cnc23)c(Cl)n1. The molecule has 0 aliphatic rings. The van der Waals surface area contributed by atoms with Crippen LogP contribution in [0.4, 0.5) is 5.69 Å². The molecule has 3 rings (SSSR count). The lowest BCUT2D eigenvalue weighted by Gasteiger charge is -2.16. The summed E-state index contributed by atoms with van der Waals surface area (Å²) in [4.78, 5) is 21.3. The average molecular weight is 404 g/mol. The minimum atomic E-state index is -0.446. The summed E-state index contributed by atoms with van der Waals surface area (Å²) in [5.74, 6) is 0.304. The van der Waals surface area contributed by atoms with E-state index in [2.05, 4.69) is 15.3 Å². The third-order valence-electron chi connectivity index (χ3n) is 3.91. The molecule has 7 heteroatoms. The van der Waals surface area contributed by atoms with Crippen molar-refractivity contribution in [3.63, 3.8) is 0 Å². The first-order chi connectivity index (χ1) is 12.8. The number of aryl methyl sites for hydroxylation is 2. The molecule has 0 saturated heterocycles. The normalized spacial score (nSPS) is 11.1. The third kappa shape index (κ3) is 3.99. The highest BCUT2D eigenvalue weighted by molar-refractivity contribution is 6.39. The second-order valence-electron chi connectivity index (χ2n) is 6.50. The standard InChI is InChI=1S/C20H19Cl2N3O2/c1-10(2)27-18-11(3)9-23-17-13(18)6-5-7-15(17)25-20(26)16-14(21)8-12(4)24-19(16)22/h5-10H,1-4H3,(H,25,26). The van der Waals surface area contributed by atoms with E-state index in [1.807, 2.05) is 32.9 Å². The number of nitrogens with one attached hydrogen (secondary N) is 1. The van der Waals surface area contributed by atoms with E-state index in [9.17, 15) is 4.79 Å². The predicted molar refractivity (Wildman–Crippen MR) is 109 cm³/mol. The van der Waals surface area contributed by atoms with E-state index in [1.165, 1.54) is 0 Å². The number of carbonyl (C=O) groups excluding carboxylic acids is 1. The van der Waals surface area contributed by atoms with E-state index in [0.29, 0.717) is 16.9 Å². The summed E-state index contributed by atoms with van der Waals surface area (Å²) >= 11 is 12.3. The molecular weight excluding hydrogens is 385 g/mol. The number of ether oxygens (including phenoxy) is 1. The number of aromatic nitrogens is 2. The Kier molecular flexibility index (Phi) is 5.53. The van der Waals surface area contributed by atoms with Crippen LogP contribution in [0.2, 0.25) is 10.2 Å². The van der Waals surface area contributed by atoms with Crippen molar-refractivity contribution in [2.24, 2.45) is 0 Å². The maximum Gasteiger partial charge on any atom is 0.260 e. The van der Waals surface area contributed by atoms with Crippen molar-refractivity contribution >= 4 is 45.7 Å². The van der Waals surface area contributed by atoms with E-state index >= 15 is 0 Å². The zero-order valence-corrected chi connectivity index (χ0v) is 16.9. The first kappa shape index (κ1) is 19.4. The van der Waals surface area contributed by atoms with Crippen molar-refractivity contribution in [1.29, 1.82) is 0 Å². The molecule has 0 unspecified atom stereocenters. The number of benzene rings is 1. The Morgan fingerprint density at radius 1 is 1.22 bits per heavy atom. The van der Waals surface area contributed by atoms with Crippen LogP contribution in [-0.4, -0.2) is 22.0 Å². The van der Waals surface area contributed by atoms with Crippen LogP contribution >= 0.6 is 23.2 Å². The number of anilines is 1. The van der Waals surface area contributed by atoms with Crippen LogP contribution in [0.1, 0.15) is 35.5 Å². The van der Waals surface area contributed by atoms with Gasteiger partial charge in [0.05, 0.1) is 27.9 Å². The number of para-hydroxylation sites is 1. The number of nitrogens with zero attached hydrogens (tertiary/aromatic N) is 2. The minimum Gasteiger partial charge on any atom is -0.490 e. The molecule has 1 N–H and O–H groups in total. The van der Waals surface area contributed by atoms with Crippen molar-refractivity contribution in [2.75, 3.05) is 5.32 Å². The van der Waals surface area contributed by atoms with E-state index < -0.39 is 5.91 Å². The highest BCUT2D eigenvalue weighted by Crippen LogP contribution is 2.33. The van der Waals surface area contributed by atoms with Crippen LogP contribution in [0.3, 0.4) is 0 Å². The maximum absolute atomic E-state index is 12.8. The van der Waals surface area contributed by atoms with Crippen molar-refractivity contribution in [3.05, 3.63) is 57.5 Å². The molecule has 140 valence electrons. The van der Waals surface area contributed by atoms with Crippen LogP contribution in [0.25, 0.3) is 10.9 Å². The summed E-state index contributed by atoms with van der Waals surface area (Å²) < 4.78 is 5.95. The van der Waals surface area contributed by atoms with E-state index in [0.717, 1.165) is 16.7 Å². The second-order valence-corrected chi connectivity index (χ2v) is 7.27. The van der Waals surface area contributed by atoms with Gasteiger partial charge in [-0.25, -0.2) is 4.98 Å². The van der Waals surface area contributed by atoms with Gasteiger partial charge in [-0.2, -0.15) is 0 Å². The third-order valence-corrected chi connectivity index (χ3v) is 4.48. The molecule has 0 fully saturated rings. The maximum atomic E-state index is 12.8. The molecule has 0 atom stereocenters. The molecule has 0 saturated carbocycles. The summed E-state index contributed by atoms with van der Waals surface area (Å²) in [5, 5.41) is 3.97. The summed E-state index contributed by atoms with van der Waals surface area (Å²) in [5.41, 5.74) is 2.86. The zero-order valence-electron chi connectivity index (χ0n) is 15.4. The monoisotopic (exact) mass is 403 g/mol. The van der Waals surface area contributed by atoms with E-state index in [4.69, 9.17) is 27.9 Å². The summed E-state index contributed by atoms with van der Waals surface area (Å²) in [6, 6.07) is 7.12. The number of pyridine rings is 2. The molecule has 0 aliphatic carbocycles. The Hall–Kier alpha value is -2.37. The largest absolute Gasteiger partial charge is 0.490 e. The van der Waals surface area contributed by atoms with Gasteiger partial charge in [0.2, 0.25) is 0 Å². The fourth-order valence-corrected chi connectivity index (χ4v) is 3.48. The first-order valence-electron chi connectivity index (χ1n) is 8.47. The summed E-state index contributed by atoms with van der Waals surface area (Å²) in [6.07, 6.45) is 1.74. The predicted octanol–water partition coefficient (Wildman–Crippen LogP) is 5.59. The summed E-state index contributed by atoms with van der Waals surface area (Å²) in [7, 11) is 0. The lowest BCUT2D eigenvalue weighted by Crippen LogP contribution is -2.15. The Morgan fingerprint density at radius 2 is 1.96 bits per heavy atom. The second kappa shape index (κ2) is 7.71. The Labute approximate surface area is 167 Å². The van der Waals surface area contributed by atoms with Crippen LogP contribution in [0.5, 0.6) is 5.75 Å². The average Bonchev–Trinajstić information content (AvgIpc) is 2.56. The molecule has 1 amide bonds. The van der Waals surface area contributed by atoms with Gasteiger partial charge in [-0.1, -0.05) is 29.3 Å². The molecule has 1 aromatic carbocycles. The van der Waals surface area contributed by atoms with Gasteiger partial charge < -0.3 is 10.1 Å². The number of halogens is 2. The summed E-state index contributed by atoms with van der Waals surface area (Å²) in [6.45, 7) is 7.62. The Balaban J connectivity index is 2.05. The van der Waals surface area contributed by atoms with Gasteiger partial charge in [0.15, 0.2) is 0 Å². The highest BCUT2D eigenvalue weighted by atomic mass is 35.5. The molecule has 27 heavy (non-hydrogen) atoms. The van der Waals surface area contributed by atoms with Crippen molar-refractivity contribution < 1.29 is 9.53 Å². The van der Waals surface area contributed by atoms with Crippen LogP contribution < -0.4 is 10.1 Å². The topological polar surface area (TPSA) is 64.1 Å². The van der Waals surface area contributed by atoms with E-state index in [-0.39, 0.29) is 21.8 Å². The smallest absolute Gasteiger partial charge is 0.260 e. The fraction of sp³-hybridized carbons (Fsp3) is 0.250. The molecule has 2 heterocycles. The molecular formula is C20H19Cl2N3O2. The number of carbonyl (C=O) groups is 1. The quantitative estimate of drug-likeness (QED) is 0.576. The lowest BCUT2D eigenvalue weighted by molar-refractivity contribution is 0.102. The lowest BCUT2D eigenvalue weighted by atomic mass is 10.1. The van der Waals surface area contributed by atoms with Crippen molar-refractivity contribution in [1.82, 2.24) is 9.97 Å². The number of hydrogen-bond donors (Lipinski definition) is 1. The molecule has 0 bridgehead atoms. The van der Waals surface area contributed by atoms with Crippen LogP contribution in [0.15, 0.2) is 30.5 Å². The molecule has 0 radical (unpaired) electrons. The minimum absolute atomic E-state index is 0.0174. The Morgan fingerprint density at radius 3 is 2.63 bits per heavy atom. The number of fused-ring (bicyclic) bond motifs is 1. The van der Waals surface area contributed by atoms with Gasteiger partial charge in [-0.3, -0.25) is 9.78 Å². The first-order valence-corrected chi connectivity index (χ1v) is 9.22. The number of amides is 1. The van der Waals surface area contributed by atoms with Gasteiger partial charge in [-0.05, 0) is 45.9 Å². The Bertz CT molecular complexity index is 1010. The van der Waals surface area contributed by atoms with Crippen LogP contribution in [-0.2, 0) is 0 Å². The van der Waals surface area contributed by atoms with Gasteiger partial charge in [0.25, 0.3) is 5.91 Å². The molecule has 3 aromatic rings. The highest BCUT2D eigenvalue weighted by Gasteiger charge is 2.19. The van der Waals surface area contributed by atoms with Crippen LogP contribution in [0, 0.1) is 13.8 Å². The number of hydrogen-bond acceptors (Lipinski definition) is 4. The fourth-order valence-electron chi connectivity index (χ4n) is 2.78. The van der Waals surface area contributed by atoms with Crippen molar-refractivity contribution in [3.8, 4) is 5.75 Å². The van der Waals surface area contributed by atoms with Gasteiger partial charge >= 0.3 is 0 Å². The van der Waals surface area contributed by atoms with E-state index in [1.54, 1.807) is 25.3 Å². The zero-order chi connectivity index (χ0) is 19.7. The van der Waals surface area contributed by atoms with Gasteiger partial charge in [-0.15, -0.1) is 0 Å². The van der Waals surface area contributed by atoms with Gasteiger partial charge in [0, 0.05) is 22.8 Å². The molecule has 0 aliphatic heterocycles. The van der Waals surface area contributed by atoms with Gasteiger partial charge in [0.1, 0.15) is 10.9 Å². The molecule has 5 nitrogen and oxygen atoms in total. The molecule has 0 spiro atoms. The van der Waals surface area contributed by atoms with Crippen molar-refractivity contribution in [2.45, 2.75) is 33.8 Å².